The lowest BCUT2D eigenvalue weighted by atomic mass is 9.73. The molecule has 0 N–H and O–H groups in total. The van der Waals surface area contributed by atoms with Crippen molar-refractivity contribution in [2.75, 3.05) is 13.1 Å². The SMILES string of the molecule is Cc1cc2c(cnn2-c2ccc(F)cc2)cc1C1(Cc2cccnc2)CCN(S(=O)(=O)c2cnn(C)c2)C1. The minimum atomic E-state index is -3.69. The average Bonchev–Trinajstić information content (AvgIpc) is 3.64. The number of fused-ring (bicyclic) bond motifs is 1. The van der Waals surface area contributed by atoms with E-state index in [2.05, 4.69) is 34.2 Å². The standard InChI is InChI=1S/C28H27FN6O2S/c1-20-12-27-22(16-32-35(27)24-7-5-23(29)6-8-24)13-26(20)28(14-21-4-3-10-30-15-21)9-11-34(19-28)38(36,37)25-17-31-33(2)18-25/h3-8,10,12-13,15-18H,9,11,14,19H2,1-2H3. The van der Waals surface area contributed by atoms with Gasteiger partial charge in [-0.3, -0.25) is 9.67 Å². The summed E-state index contributed by atoms with van der Waals surface area (Å²) in [4.78, 5) is 4.50. The molecule has 10 heteroatoms. The first kappa shape index (κ1) is 24.4. The average molecular weight is 531 g/mol. The van der Waals surface area contributed by atoms with Crippen molar-refractivity contribution < 1.29 is 12.8 Å². The molecule has 194 valence electrons. The van der Waals surface area contributed by atoms with E-state index in [1.165, 1.54) is 29.2 Å². The third-order valence-corrected chi connectivity index (χ3v) is 9.26. The Morgan fingerprint density at radius 3 is 2.58 bits per heavy atom. The van der Waals surface area contributed by atoms with Crippen LogP contribution >= 0.6 is 0 Å². The topological polar surface area (TPSA) is 85.9 Å². The highest BCUT2D eigenvalue weighted by Gasteiger charge is 2.45. The minimum absolute atomic E-state index is 0.199. The van der Waals surface area contributed by atoms with E-state index in [1.807, 2.05) is 18.3 Å². The quantitative estimate of drug-likeness (QED) is 0.329. The minimum Gasteiger partial charge on any atom is -0.274 e. The van der Waals surface area contributed by atoms with E-state index in [-0.39, 0.29) is 10.7 Å². The second-order valence-electron chi connectivity index (χ2n) is 10.0. The zero-order chi connectivity index (χ0) is 26.5. The summed E-state index contributed by atoms with van der Waals surface area (Å²) in [7, 11) is -1.98. The zero-order valence-electron chi connectivity index (χ0n) is 21.1. The molecule has 8 nitrogen and oxygen atoms in total. The highest BCUT2D eigenvalue weighted by Crippen LogP contribution is 2.42. The predicted molar refractivity (Wildman–Crippen MR) is 142 cm³/mol. The first-order chi connectivity index (χ1) is 18.2. The van der Waals surface area contributed by atoms with Crippen LogP contribution in [0.3, 0.4) is 0 Å². The van der Waals surface area contributed by atoms with Gasteiger partial charge in [-0.15, -0.1) is 0 Å². The predicted octanol–water partition coefficient (Wildman–Crippen LogP) is 4.18. The van der Waals surface area contributed by atoms with Crippen LogP contribution in [-0.4, -0.2) is 50.4 Å². The molecule has 0 saturated carbocycles. The Balaban J connectivity index is 1.44. The van der Waals surface area contributed by atoms with Gasteiger partial charge in [0.05, 0.1) is 23.6 Å². The van der Waals surface area contributed by atoms with Gasteiger partial charge in [0.1, 0.15) is 10.7 Å². The lowest BCUT2D eigenvalue weighted by Gasteiger charge is -2.32. The van der Waals surface area contributed by atoms with E-state index in [0.29, 0.717) is 25.9 Å². The molecule has 6 rings (SSSR count). The fourth-order valence-electron chi connectivity index (χ4n) is 5.61. The van der Waals surface area contributed by atoms with Gasteiger partial charge in [-0.25, -0.2) is 17.5 Å². The van der Waals surface area contributed by atoms with Crippen molar-refractivity contribution in [3.05, 3.63) is 102 Å². The van der Waals surface area contributed by atoms with Crippen LogP contribution < -0.4 is 0 Å². The summed E-state index contributed by atoms with van der Waals surface area (Å²) in [6.45, 7) is 2.81. The van der Waals surface area contributed by atoms with Gasteiger partial charge >= 0.3 is 0 Å². The molecule has 3 aromatic heterocycles. The second-order valence-corrected chi connectivity index (χ2v) is 12.0. The lowest BCUT2D eigenvalue weighted by Crippen LogP contribution is -2.36. The largest absolute Gasteiger partial charge is 0.274 e. The van der Waals surface area contributed by atoms with Crippen LogP contribution in [0.25, 0.3) is 16.6 Å². The highest BCUT2D eigenvalue weighted by molar-refractivity contribution is 7.89. The molecular weight excluding hydrogens is 503 g/mol. The van der Waals surface area contributed by atoms with Gasteiger partial charge in [0.25, 0.3) is 0 Å². The Labute approximate surface area is 220 Å². The van der Waals surface area contributed by atoms with Crippen LogP contribution in [0.5, 0.6) is 0 Å². The molecule has 0 aliphatic carbocycles. The zero-order valence-corrected chi connectivity index (χ0v) is 21.9. The first-order valence-corrected chi connectivity index (χ1v) is 13.8. The maximum atomic E-state index is 13.5. The lowest BCUT2D eigenvalue weighted by molar-refractivity contribution is 0.413. The summed E-state index contributed by atoms with van der Waals surface area (Å²) in [6.07, 6.45) is 9.65. The van der Waals surface area contributed by atoms with Crippen LogP contribution in [0.1, 0.15) is 23.1 Å². The Hall–Kier alpha value is -3.89. The number of aryl methyl sites for hydroxylation is 2. The number of sulfonamides is 1. The molecule has 1 unspecified atom stereocenters. The summed E-state index contributed by atoms with van der Waals surface area (Å²) in [5.74, 6) is -0.298. The van der Waals surface area contributed by atoms with Crippen LogP contribution in [-0.2, 0) is 28.9 Å². The second kappa shape index (κ2) is 9.14. The van der Waals surface area contributed by atoms with Crippen molar-refractivity contribution >= 4 is 20.9 Å². The molecule has 0 amide bonds. The fourth-order valence-corrected chi connectivity index (χ4v) is 7.12. The van der Waals surface area contributed by atoms with Crippen molar-refractivity contribution in [2.45, 2.75) is 30.1 Å². The molecule has 2 aromatic carbocycles. The smallest absolute Gasteiger partial charge is 0.246 e. The monoisotopic (exact) mass is 530 g/mol. The molecule has 1 saturated heterocycles. The van der Waals surface area contributed by atoms with Crippen molar-refractivity contribution in [3.63, 3.8) is 0 Å². The number of aromatic nitrogens is 5. The number of hydrogen-bond acceptors (Lipinski definition) is 5. The van der Waals surface area contributed by atoms with E-state index < -0.39 is 15.4 Å². The summed E-state index contributed by atoms with van der Waals surface area (Å²) in [6, 6.07) is 14.4. The molecule has 5 aromatic rings. The third kappa shape index (κ3) is 4.19. The van der Waals surface area contributed by atoms with E-state index in [1.54, 1.807) is 40.6 Å². The van der Waals surface area contributed by atoms with Crippen LogP contribution in [0.2, 0.25) is 0 Å². The number of rotatable bonds is 6. The Morgan fingerprint density at radius 1 is 1.05 bits per heavy atom. The Bertz CT molecular complexity index is 1730. The number of halogens is 1. The van der Waals surface area contributed by atoms with Crippen molar-refractivity contribution in [1.82, 2.24) is 28.9 Å². The van der Waals surface area contributed by atoms with Gasteiger partial charge in [-0.1, -0.05) is 6.07 Å². The van der Waals surface area contributed by atoms with Gasteiger partial charge < -0.3 is 0 Å². The summed E-state index contributed by atoms with van der Waals surface area (Å²) >= 11 is 0. The van der Waals surface area contributed by atoms with Crippen molar-refractivity contribution in [3.8, 4) is 5.69 Å². The van der Waals surface area contributed by atoms with Gasteiger partial charge in [0.2, 0.25) is 10.0 Å². The highest BCUT2D eigenvalue weighted by atomic mass is 32.2. The van der Waals surface area contributed by atoms with Gasteiger partial charge in [-0.2, -0.15) is 14.5 Å². The van der Waals surface area contributed by atoms with E-state index in [9.17, 15) is 12.8 Å². The van der Waals surface area contributed by atoms with Gasteiger partial charge in [0.15, 0.2) is 0 Å². The molecule has 1 atom stereocenters. The Kier molecular flexibility index (Phi) is 5.88. The van der Waals surface area contributed by atoms with Crippen LogP contribution in [0.4, 0.5) is 4.39 Å². The van der Waals surface area contributed by atoms with Crippen molar-refractivity contribution in [1.29, 1.82) is 0 Å². The van der Waals surface area contributed by atoms with Crippen LogP contribution in [0.15, 0.2) is 84.4 Å². The molecule has 1 aliphatic rings. The third-order valence-electron chi connectivity index (χ3n) is 7.46. The molecule has 0 radical (unpaired) electrons. The van der Waals surface area contributed by atoms with E-state index >= 15 is 0 Å². The van der Waals surface area contributed by atoms with Gasteiger partial charge in [0, 0.05) is 49.5 Å². The molecule has 0 spiro atoms. The first-order valence-electron chi connectivity index (χ1n) is 12.4. The summed E-state index contributed by atoms with van der Waals surface area (Å²) in [5, 5.41) is 9.58. The number of pyridine rings is 1. The Morgan fingerprint density at radius 2 is 1.87 bits per heavy atom. The number of hydrogen-bond donors (Lipinski definition) is 0. The maximum Gasteiger partial charge on any atom is 0.246 e. The van der Waals surface area contributed by atoms with E-state index in [4.69, 9.17) is 0 Å². The fraction of sp³-hybridized carbons (Fsp3) is 0.250. The molecule has 1 fully saturated rings. The molecular formula is C28H27FN6O2S. The summed E-state index contributed by atoms with van der Waals surface area (Å²) < 4.78 is 45.4. The summed E-state index contributed by atoms with van der Waals surface area (Å²) in [5.41, 5.74) is 4.42. The van der Waals surface area contributed by atoms with Crippen LogP contribution in [0, 0.1) is 12.7 Å². The molecule has 0 bridgehead atoms. The maximum absolute atomic E-state index is 13.5. The normalized spacial score (nSPS) is 18.4. The molecule has 38 heavy (non-hydrogen) atoms. The van der Waals surface area contributed by atoms with Gasteiger partial charge in [-0.05, 0) is 78.9 Å². The van der Waals surface area contributed by atoms with Crippen molar-refractivity contribution in [2.24, 2.45) is 7.05 Å². The molecule has 4 heterocycles. The number of nitrogens with zero attached hydrogens (tertiary/aromatic N) is 6. The molecule has 1 aliphatic heterocycles. The number of benzene rings is 2. The van der Waals surface area contributed by atoms with E-state index in [0.717, 1.165) is 33.3 Å².